The molecule has 3 heterocycles. The van der Waals surface area contributed by atoms with E-state index in [4.69, 9.17) is 15.2 Å². The molecule has 0 unspecified atom stereocenters. The van der Waals surface area contributed by atoms with Crippen LogP contribution in [0.25, 0.3) is 11.2 Å². The maximum absolute atomic E-state index is 5.72. The largest absolute Gasteiger partial charge is 0.368 e. The molecule has 0 atom stereocenters. The van der Waals surface area contributed by atoms with E-state index in [0.29, 0.717) is 25.0 Å². The molecule has 0 aliphatic carbocycles. The summed E-state index contributed by atoms with van der Waals surface area (Å²) in [5.74, 6) is 0.923. The molecule has 3 rings (SSSR count). The van der Waals surface area contributed by atoms with Crippen LogP contribution in [0.3, 0.4) is 0 Å². The Morgan fingerprint density at radius 2 is 2.10 bits per heavy atom. The number of rotatable bonds is 3. The normalized spacial score (nSPS) is 23.6. The Labute approximate surface area is 117 Å². The number of nitrogen functional groups attached to an aromatic ring is 1. The number of anilines is 1. The van der Waals surface area contributed by atoms with E-state index in [2.05, 4.69) is 28.8 Å². The van der Waals surface area contributed by atoms with Crippen LogP contribution >= 0.6 is 0 Å². The van der Waals surface area contributed by atoms with E-state index in [-0.39, 0.29) is 12.2 Å². The third kappa shape index (κ3) is 2.59. The summed E-state index contributed by atoms with van der Waals surface area (Å²) < 4.78 is 13.4. The predicted molar refractivity (Wildman–Crippen MR) is 73.8 cm³/mol. The van der Waals surface area contributed by atoms with Crippen molar-refractivity contribution < 1.29 is 9.47 Å². The molecule has 7 nitrogen and oxygen atoms in total. The van der Waals surface area contributed by atoms with Gasteiger partial charge in [-0.15, -0.1) is 0 Å². The molecule has 7 heteroatoms. The van der Waals surface area contributed by atoms with E-state index >= 15 is 0 Å². The van der Waals surface area contributed by atoms with Crippen LogP contribution in [-0.4, -0.2) is 39.0 Å². The van der Waals surface area contributed by atoms with Crippen LogP contribution in [-0.2, 0) is 16.0 Å². The Hall–Kier alpha value is -1.73. The quantitative estimate of drug-likeness (QED) is 0.902. The summed E-state index contributed by atoms with van der Waals surface area (Å²) in [6.07, 6.45) is 3.30. The fourth-order valence-corrected chi connectivity index (χ4v) is 2.33. The molecule has 2 N–H and O–H groups in total. The third-order valence-corrected chi connectivity index (χ3v) is 3.37. The third-order valence-electron chi connectivity index (χ3n) is 3.37. The summed E-state index contributed by atoms with van der Waals surface area (Å²) in [7, 11) is 0. The lowest BCUT2D eigenvalue weighted by molar-refractivity contribution is -0.220. The van der Waals surface area contributed by atoms with E-state index < -0.39 is 0 Å². The van der Waals surface area contributed by atoms with E-state index in [0.717, 1.165) is 17.7 Å². The maximum Gasteiger partial charge on any atom is 0.222 e. The van der Waals surface area contributed by atoms with Crippen molar-refractivity contribution in [3.05, 3.63) is 12.5 Å². The zero-order valence-electron chi connectivity index (χ0n) is 11.7. The van der Waals surface area contributed by atoms with Gasteiger partial charge in [-0.1, -0.05) is 13.8 Å². The molecule has 2 aromatic rings. The first-order valence-corrected chi connectivity index (χ1v) is 6.80. The van der Waals surface area contributed by atoms with Crippen LogP contribution in [0.15, 0.2) is 12.5 Å². The lowest BCUT2D eigenvalue weighted by atomic mass is 10.1. The summed E-state index contributed by atoms with van der Waals surface area (Å²) in [6, 6.07) is 0. The van der Waals surface area contributed by atoms with Gasteiger partial charge < -0.3 is 19.8 Å². The van der Waals surface area contributed by atoms with Crippen molar-refractivity contribution in [1.29, 1.82) is 0 Å². The molecule has 0 amide bonds. The first-order chi connectivity index (χ1) is 9.63. The molecule has 20 heavy (non-hydrogen) atoms. The number of ether oxygens (including phenoxy) is 2. The Morgan fingerprint density at radius 3 is 2.80 bits per heavy atom. The Bertz CT molecular complexity index is 589. The smallest absolute Gasteiger partial charge is 0.222 e. The zero-order chi connectivity index (χ0) is 14.1. The van der Waals surface area contributed by atoms with Gasteiger partial charge in [-0.25, -0.2) is 9.97 Å². The van der Waals surface area contributed by atoms with Gasteiger partial charge in [0.1, 0.15) is 5.52 Å². The molecule has 0 aromatic carbocycles. The summed E-state index contributed by atoms with van der Waals surface area (Å²) in [6.45, 7) is 6.30. The first kappa shape index (κ1) is 13.3. The number of hydrogen-bond acceptors (Lipinski definition) is 6. The summed E-state index contributed by atoms with van der Waals surface area (Å²) in [5.41, 5.74) is 7.12. The van der Waals surface area contributed by atoms with Gasteiger partial charge in [0.05, 0.1) is 25.7 Å². The van der Waals surface area contributed by atoms with Gasteiger partial charge >= 0.3 is 0 Å². The molecule has 2 aromatic heterocycles. The van der Waals surface area contributed by atoms with Crippen LogP contribution in [0.1, 0.15) is 13.8 Å². The van der Waals surface area contributed by atoms with Crippen molar-refractivity contribution >= 4 is 17.1 Å². The molecule has 0 spiro atoms. The maximum atomic E-state index is 5.72. The molecule has 1 aliphatic heterocycles. The van der Waals surface area contributed by atoms with Crippen molar-refractivity contribution in [1.82, 2.24) is 19.5 Å². The standard InChI is InChI=1S/C13H19N5O2/c1-8(2)12-19-5-9(6-20-12)4-18-7-16-10-3-15-13(14)17-11(10)18/h3,7-9,12H,4-6H2,1-2H3,(H2,14,15,17). The van der Waals surface area contributed by atoms with Gasteiger partial charge in [0, 0.05) is 18.4 Å². The monoisotopic (exact) mass is 277 g/mol. The van der Waals surface area contributed by atoms with Gasteiger partial charge in [-0.05, 0) is 0 Å². The zero-order valence-corrected chi connectivity index (χ0v) is 11.7. The lowest BCUT2D eigenvalue weighted by Gasteiger charge is -2.31. The average molecular weight is 277 g/mol. The van der Waals surface area contributed by atoms with Crippen LogP contribution < -0.4 is 5.73 Å². The predicted octanol–water partition coefficient (Wildman–Crippen LogP) is 1.05. The first-order valence-electron chi connectivity index (χ1n) is 6.80. The number of nitrogens with zero attached hydrogens (tertiary/aromatic N) is 4. The number of imidazole rings is 1. The minimum absolute atomic E-state index is 0.0937. The highest BCUT2D eigenvalue weighted by Gasteiger charge is 2.25. The van der Waals surface area contributed by atoms with Crippen LogP contribution in [0.5, 0.6) is 0 Å². The Morgan fingerprint density at radius 1 is 1.35 bits per heavy atom. The van der Waals surface area contributed by atoms with E-state index in [9.17, 15) is 0 Å². The minimum atomic E-state index is -0.0937. The average Bonchev–Trinajstić information content (AvgIpc) is 2.82. The van der Waals surface area contributed by atoms with Gasteiger partial charge in [-0.2, -0.15) is 4.98 Å². The highest BCUT2D eigenvalue weighted by Crippen LogP contribution is 2.20. The summed E-state index contributed by atoms with van der Waals surface area (Å²) in [5, 5.41) is 0. The fraction of sp³-hybridized carbons (Fsp3) is 0.615. The van der Waals surface area contributed by atoms with Crippen molar-refractivity contribution in [3.8, 4) is 0 Å². The van der Waals surface area contributed by atoms with Crippen molar-refractivity contribution in [2.24, 2.45) is 11.8 Å². The molecule has 1 saturated heterocycles. The van der Waals surface area contributed by atoms with Crippen molar-refractivity contribution in [2.45, 2.75) is 26.7 Å². The van der Waals surface area contributed by atoms with E-state index in [1.165, 1.54) is 0 Å². The van der Waals surface area contributed by atoms with E-state index in [1.54, 1.807) is 12.5 Å². The van der Waals surface area contributed by atoms with Crippen molar-refractivity contribution in [2.75, 3.05) is 18.9 Å². The molecular formula is C13H19N5O2. The summed E-state index contributed by atoms with van der Waals surface area (Å²) >= 11 is 0. The molecule has 1 fully saturated rings. The van der Waals surface area contributed by atoms with Gasteiger partial charge in [0.2, 0.25) is 5.95 Å². The second-order valence-electron chi connectivity index (χ2n) is 5.48. The van der Waals surface area contributed by atoms with Gasteiger partial charge in [-0.3, -0.25) is 0 Å². The second kappa shape index (κ2) is 5.34. The fourth-order valence-electron chi connectivity index (χ4n) is 2.33. The molecular weight excluding hydrogens is 258 g/mol. The van der Waals surface area contributed by atoms with Crippen molar-refractivity contribution in [3.63, 3.8) is 0 Å². The molecule has 0 saturated carbocycles. The highest BCUT2D eigenvalue weighted by molar-refractivity contribution is 5.70. The number of hydrogen-bond donors (Lipinski definition) is 1. The molecule has 1 aliphatic rings. The Kier molecular flexibility index (Phi) is 3.54. The molecule has 0 bridgehead atoms. The minimum Gasteiger partial charge on any atom is -0.368 e. The second-order valence-corrected chi connectivity index (χ2v) is 5.48. The number of fused-ring (bicyclic) bond motifs is 1. The SMILES string of the molecule is CC(C)C1OCC(Cn2cnc3cnc(N)nc32)CO1. The van der Waals surface area contributed by atoms with E-state index in [1.807, 2.05) is 4.57 Å². The summed E-state index contributed by atoms with van der Waals surface area (Å²) in [4.78, 5) is 12.4. The molecule has 108 valence electrons. The van der Waals surface area contributed by atoms with Gasteiger partial charge in [0.25, 0.3) is 0 Å². The lowest BCUT2D eigenvalue weighted by Crippen LogP contribution is -2.36. The Balaban J connectivity index is 1.70. The van der Waals surface area contributed by atoms with Crippen LogP contribution in [0.4, 0.5) is 5.95 Å². The molecule has 0 radical (unpaired) electrons. The topological polar surface area (TPSA) is 88.1 Å². The highest BCUT2D eigenvalue weighted by atomic mass is 16.7. The number of aromatic nitrogens is 4. The van der Waals surface area contributed by atoms with Crippen LogP contribution in [0.2, 0.25) is 0 Å². The van der Waals surface area contributed by atoms with Crippen LogP contribution in [0, 0.1) is 11.8 Å². The van der Waals surface area contributed by atoms with Gasteiger partial charge in [0.15, 0.2) is 11.9 Å². The number of nitrogens with two attached hydrogens (primary N) is 1.